The van der Waals surface area contributed by atoms with Crippen LogP contribution in [-0.2, 0) is 13.6 Å². The molecule has 1 fully saturated rings. The van der Waals surface area contributed by atoms with E-state index in [1.807, 2.05) is 34.8 Å². The molecule has 5 nitrogen and oxygen atoms in total. The van der Waals surface area contributed by atoms with Crippen molar-refractivity contribution >= 4 is 5.91 Å². The summed E-state index contributed by atoms with van der Waals surface area (Å²) in [6, 6.07) is 8.14. The van der Waals surface area contributed by atoms with Crippen molar-refractivity contribution in [3.8, 4) is 0 Å². The molecule has 128 valence electrons. The molecule has 1 aliphatic heterocycles. The van der Waals surface area contributed by atoms with Crippen LogP contribution < -0.4 is 5.32 Å². The largest absolute Gasteiger partial charge is 0.337 e. The molecule has 1 saturated heterocycles. The lowest BCUT2D eigenvalue weighted by molar-refractivity contribution is 0.0737. The third-order valence-electron chi connectivity index (χ3n) is 4.70. The molecule has 1 aromatic heterocycles. The molecule has 0 spiro atoms. The van der Waals surface area contributed by atoms with Gasteiger partial charge in [-0.05, 0) is 43.0 Å². The summed E-state index contributed by atoms with van der Waals surface area (Å²) in [7, 11) is 1.96. The predicted octanol–water partition coefficient (Wildman–Crippen LogP) is 2.55. The van der Waals surface area contributed by atoms with Crippen LogP contribution >= 0.6 is 0 Å². The Morgan fingerprint density at radius 3 is 3.00 bits per heavy atom. The number of hydrogen-bond donors (Lipinski definition) is 1. The maximum atomic E-state index is 13.0. The summed E-state index contributed by atoms with van der Waals surface area (Å²) >= 11 is 0. The normalized spacial score (nSPS) is 17.2. The van der Waals surface area contributed by atoms with Crippen molar-refractivity contribution in [1.29, 1.82) is 0 Å². The molecule has 0 unspecified atom stereocenters. The summed E-state index contributed by atoms with van der Waals surface area (Å²) in [6.07, 6.45) is 5.77. The first-order valence-corrected chi connectivity index (χ1v) is 8.75. The monoisotopic (exact) mass is 326 g/mol. The van der Waals surface area contributed by atoms with Gasteiger partial charge in [0, 0.05) is 38.1 Å². The van der Waals surface area contributed by atoms with E-state index >= 15 is 0 Å². The summed E-state index contributed by atoms with van der Waals surface area (Å²) in [4.78, 5) is 19.3. The Labute approximate surface area is 143 Å². The minimum Gasteiger partial charge on any atom is -0.337 e. The Balaban J connectivity index is 1.79. The van der Waals surface area contributed by atoms with Crippen LogP contribution in [0.5, 0.6) is 0 Å². The van der Waals surface area contributed by atoms with E-state index in [-0.39, 0.29) is 5.91 Å². The first-order valence-electron chi connectivity index (χ1n) is 8.75. The molecule has 2 heterocycles. The van der Waals surface area contributed by atoms with Crippen LogP contribution in [0, 0.1) is 0 Å². The SMILES string of the molecule is CCCN(Cc1nccn1C)C(=O)c1cccc([C@@H]2CCNC2)c1. The minimum absolute atomic E-state index is 0.0904. The smallest absolute Gasteiger partial charge is 0.254 e. The van der Waals surface area contributed by atoms with Gasteiger partial charge in [0.25, 0.3) is 5.91 Å². The maximum Gasteiger partial charge on any atom is 0.254 e. The lowest BCUT2D eigenvalue weighted by Crippen LogP contribution is -2.32. The van der Waals surface area contributed by atoms with Gasteiger partial charge in [0.1, 0.15) is 5.82 Å². The highest BCUT2D eigenvalue weighted by Crippen LogP contribution is 2.23. The lowest BCUT2D eigenvalue weighted by atomic mass is 9.96. The first kappa shape index (κ1) is 16.7. The molecule has 5 heteroatoms. The number of rotatable bonds is 6. The third-order valence-corrected chi connectivity index (χ3v) is 4.70. The van der Waals surface area contributed by atoms with E-state index < -0.39 is 0 Å². The second-order valence-electron chi connectivity index (χ2n) is 6.50. The summed E-state index contributed by atoms with van der Waals surface area (Å²) in [5.41, 5.74) is 2.04. The fourth-order valence-corrected chi connectivity index (χ4v) is 3.29. The Morgan fingerprint density at radius 2 is 2.33 bits per heavy atom. The molecule has 1 aromatic carbocycles. The highest BCUT2D eigenvalue weighted by molar-refractivity contribution is 5.94. The molecule has 24 heavy (non-hydrogen) atoms. The highest BCUT2D eigenvalue weighted by Gasteiger charge is 2.20. The van der Waals surface area contributed by atoms with Gasteiger partial charge in [-0.15, -0.1) is 0 Å². The molecule has 0 bridgehead atoms. The van der Waals surface area contributed by atoms with Crippen molar-refractivity contribution in [2.24, 2.45) is 7.05 Å². The molecule has 0 radical (unpaired) electrons. The molecule has 1 atom stereocenters. The number of imidazole rings is 1. The summed E-state index contributed by atoms with van der Waals surface area (Å²) in [5.74, 6) is 1.52. The maximum absolute atomic E-state index is 13.0. The molecule has 0 aliphatic carbocycles. The minimum atomic E-state index is 0.0904. The van der Waals surface area contributed by atoms with Gasteiger partial charge in [-0.25, -0.2) is 4.98 Å². The van der Waals surface area contributed by atoms with Crippen LogP contribution in [-0.4, -0.2) is 40.0 Å². The number of carbonyl (C=O) groups excluding carboxylic acids is 1. The van der Waals surface area contributed by atoms with Gasteiger partial charge >= 0.3 is 0 Å². The highest BCUT2D eigenvalue weighted by atomic mass is 16.2. The van der Waals surface area contributed by atoms with E-state index in [2.05, 4.69) is 29.4 Å². The summed E-state index contributed by atoms with van der Waals surface area (Å²) < 4.78 is 1.97. The van der Waals surface area contributed by atoms with E-state index in [0.29, 0.717) is 12.5 Å². The standard InChI is InChI=1S/C19H26N4O/c1-3-10-23(14-18-21-9-11-22(18)2)19(24)16-6-4-5-15(12-16)17-7-8-20-13-17/h4-6,9,11-12,17,20H,3,7-8,10,13-14H2,1-2H3/t17-/m1/s1. The van der Waals surface area contributed by atoms with Crippen molar-refractivity contribution in [3.63, 3.8) is 0 Å². The molecule has 3 rings (SSSR count). The van der Waals surface area contributed by atoms with Crippen molar-refractivity contribution in [3.05, 3.63) is 53.6 Å². The van der Waals surface area contributed by atoms with Gasteiger partial charge < -0.3 is 14.8 Å². The fourth-order valence-electron chi connectivity index (χ4n) is 3.29. The summed E-state index contributed by atoms with van der Waals surface area (Å²) in [6.45, 7) is 5.44. The number of aromatic nitrogens is 2. The average molecular weight is 326 g/mol. The zero-order valence-electron chi connectivity index (χ0n) is 14.5. The van der Waals surface area contributed by atoms with Crippen LogP contribution in [0.3, 0.4) is 0 Å². The number of benzene rings is 1. The molecule has 0 saturated carbocycles. The average Bonchev–Trinajstić information content (AvgIpc) is 3.26. The first-order chi connectivity index (χ1) is 11.7. The van der Waals surface area contributed by atoms with Crippen molar-refractivity contribution < 1.29 is 4.79 Å². The van der Waals surface area contributed by atoms with Gasteiger partial charge in [0.05, 0.1) is 6.54 Å². The van der Waals surface area contributed by atoms with E-state index in [1.54, 1.807) is 6.20 Å². The van der Waals surface area contributed by atoms with Crippen molar-refractivity contribution in [1.82, 2.24) is 19.8 Å². The quantitative estimate of drug-likeness (QED) is 0.887. The Kier molecular flexibility index (Phi) is 5.30. The Hall–Kier alpha value is -2.14. The van der Waals surface area contributed by atoms with Crippen LogP contribution in [0.25, 0.3) is 0 Å². The molecule has 1 amide bonds. The Bertz CT molecular complexity index is 688. The third kappa shape index (κ3) is 3.67. The van der Waals surface area contributed by atoms with Gasteiger partial charge in [0.2, 0.25) is 0 Å². The number of nitrogens with one attached hydrogen (secondary N) is 1. The van der Waals surface area contributed by atoms with E-state index in [1.165, 1.54) is 5.56 Å². The van der Waals surface area contributed by atoms with Gasteiger partial charge in [-0.1, -0.05) is 19.1 Å². The van der Waals surface area contributed by atoms with Crippen LogP contribution in [0.2, 0.25) is 0 Å². The number of carbonyl (C=O) groups is 1. The molecule has 1 aliphatic rings. The zero-order valence-corrected chi connectivity index (χ0v) is 14.5. The second kappa shape index (κ2) is 7.62. The van der Waals surface area contributed by atoms with E-state index in [9.17, 15) is 4.79 Å². The molecular formula is C19H26N4O. The second-order valence-corrected chi connectivity index (χ2v) is 6.50. The van der Waals surface area contributed by atoms with Crippen LogP contribution in [0.1, 0.15) is 47.4 Å². The molecule has 2 aromatic rings. The molecular weight excluding hydrogens is 300 g/mol. The lowest BCUT2D eigenvalue weighted by Gasteiger charge is -2.22. The number of nitrogens with zero attached hydrogens (tertiary/aromatic N) is 3. The predicted molar refractivity (Wildman–Crippen MR) is 94.9 cm³/mol. The summed E-state index contributed by atoms with van der Waals surface area (Å²) in [5, 5.41) is 3.39. The fraction of sp³-hybridized carbons (Fsp3) is 0.474. The topological polar surface area (TPSA) is 50.2 Å². The Morgan fingerprint density at radius 1 is 1.46 bits per heavy atom. The van der Waals surface area contributed by atoms with Crippen molar-refractivity contribution in [2.45, 2.75) is 32.2 Å². The van der Waals surface area contributed by atoms with Crippen LogP contribution in [0.15, 0.2) is 36.7 Å². The van der Waals surface area contributed by atoms with Crippen molar-refractivity contribution in [2.75, 3.05) is 19.6 Å². The number of aryl methyl sites for hydroxylation is 1. The number of hydrogen-bond acceptors (Lipinski definition) is 3. The molecule has 1 N–H and O–H groups in total. The van der Waals surface area contributed by atoms with Crippen LogP contribution in [0.4, 0.5) is 0 Å². The van der Waals surface area contributed by atoms with Gasteiger partial charge in [-0.3, -0.25) is 4.79 Å². The van der Waals surface area contributed by atoms with Gasteiger partial charge in [0.15, 0.2) is 0 Å². The zero-order chi connectivity index (χ0) is 16.9. The van der Waals surface area contributed by atoms with E-state index in [0.717, 1.165) is 43.9 Å². The van der Waals surface area contributed by atoms with Gasteiger partial charge in [-0.2, -0.15) is 0 Å². The van der Waals surface area contributed by atoms with E-state index in [4.69, 9.17) is 0 Å². The number of amides is 1.